The Morgan fingerprint density at radius 3 is 2.48 bits per heavy atom. The number of quaternary nitrogens is 1. The van der Waals surface area contributed by atoms with E-state index >= 15 is 0 Å². The van der Waals surface area contributed by atoms with Gasteiger partial charge in [0.25, 0.3) is 0 Å². The van der Waals surface area contributed by atoms with Gasteiger partial charge in [0.1, 0.15) is 17.5 Å². The molecule has 2 unspecified atom stereocenters. The molecule has 0 bridgehead atoms. The lowest BCUT2D eigenvalue weighted by Crippen LogP contribution is -2.62. The number of carboxylic acid groups (broad SMARTS) is 1. The maximum Gasteiger partial charge on any atom is 0.511 e. The van der Waals surface area contributed by atoms with Crippen LogP contribution in [0.15, 0.2) is 42.7 Å². The Kier molecular flexibility index (Phi) is 5.70. The van der Waals surface area contributed by atoms with E-state index < -0.39 is 6.16 Å². The molecule has 8 heteroatoms. The van der Waals surface area contributed by atoms with E-state index in [9.17, 15) is 9.59 Å². The molecule has 0 radical (unpaired) electrons. The van der Waals surface area contributed by atoms with Crippen LogP contribution in [-0.2, 0) is 4.79 Å². The van der Waals surface area contributed by atoms with Crippen molar-refractivity contribution in [2.75, 3.05) is 31.6 Å². The summed E-state index contributed by atoms with van der Waals surface area (Å²) in [6.07, 6.45) is 6.73. The molecule has 8 nitrogen and oxygen atoms in total. The zero-order valence-electron chi connectivity index (χ0n) is 18.9. The predicted molar refractivity (Wildman–Crippen MR) is 121 cm³/mol. The van der Waals surface area contributed by atoms with Crippen molar-refractivity contribution in [1.29, 1.82) is 0 Å². The third-order valence-corrected chi connectivity index (χ3v) is 7.49. The van der Waals surface area contributed by atoms with Gasteiger partial charge < -0.3 is 19.5 Å². The van der Waals surface area contributed by atoms with Crippen molar-refractivity contribution in [3.8, 4) is 11.5 Å². The molecule has 1 amide bonds. The summed E-state index contributed by atoms with van der Waals surface area (Å²) < 4.78 is 11.2. The number of aromatic nitrogens is 1. The minimum atomic E-state index is -1.35. The highest BCUT2D eigenvalue weighted by molar-refractivity contribution is 5.75. The molecule has 174 valence electrons. The van der Waals surface area contributed by atoms with Gasteiger partial charge in [-0.05, 0) is 43.2 Å². The van der Waals surface area contributed by atoms with Crippen molar-refractivity contribution in [2.45, 2.75) is 44.2 Å². The van der Waals surface area contributed by atoms with E-state index in [4.69, 9.17) is 14.6 Å². The number of anilines is 1. The maximum absolute atomic E-state index is 13.8. The molecule has 3 aliphatic rings. The molecule has 1 N–H and O–H groups in total. The van der Waals surface area contributed by atoms with Gasteiger partial charge in [-0.2, -0.15) is 0 Å². The number of amides is 1. The van der Waals surface area contributed by atoms with Gasteiger partial charge >= 0.3 is 12.1 Å². The van der Waals surface area contributed by atoms with Gasteiger partial charge in [-0.1, -0.05) is 0 Å². The smallest absolute Gasteiger partial charge is 0.493 e. The Morgan fingerprint density at radius 2 is 1.82 bits per heavy atom. The molecule has 1 aliphatic carbocycles. The first-order chi connectivity index (χ1) is 16.0. The first-order valence-corrected chi connectivity index (χ1v) is 11.7. The summed E-state index contributed by atoms with van der Waals surface area (Å²) in [5.41, 5.74) is 2.03. The molecule has 1 saturated heterocycles. The summed E-state index contributed by atoms with van der Waals surface area (Å²) in [4.78, 5) is 31.4. The lowest BCUT2D eigenvalue weighted by atomic mass is 9.90. The maximum atomic E-state index is 13.8. The van der Waals surface area contributed by atoms with Gasteiger partial charge in [0.15, 0.2) is 0 Å². The molecule has 1 aromatic carbocycles. The molecule has 5 rings (SSSR count). The Morgan fingerprint density at radius 1 is 1.09 bits per heavy atom. The first kappa shape index (κ1) is 21.7. The van der Waals surface area contributed by atoms with Gasteiger partial charge in [-0.15, -0.1) is 0 Å². The lowest BCUT2D eigenvalue weighted by molar-refractivity contribution is -0.894. The highest BCUT2D eigenvalue weighted by atomic mass is 16.7. The van der Waals surface area contributed by atoms with E-state index in [1.54, 1.807) is 18.2 Å². The Balaban J connectivity index is 1.45. The van der Waals surface area contributed by atoms with Gasteiger partial charge in [-0.3, -0.25) is 9.47 Å². The number of benzene rings is 1. The van der Waals surface area contributed by atoms with Crippen molar-refractivity contribution in [1.82, 2.24) is 4.98 Å². The van der Waals surface area contributed by atoms with Crippen LogP contribution in [0.1, 0.15) is 43.7 Å². The molecule has 1 saturated carbocycles. The van der Waals surface area contributed by atoms with Crippen LogP contribution in [0.25, 0.3) is 0 Å². The van der Waals surface area contributed by atoms with E-state index in [0.717, 1.165) is 50.0 Å². The van der Waals surface area contributed by atoms with E-state index in [0.29, 0.717) is 29.2 Å². The van der Waals surface area contributed by atoms with Gasteiger partial charge in [0.05, 0.1) is 31.2 Å². The van der Waals surface area contributed by atoms with Crippen molar-refractivity contribution >= 4 is 17.7 Å². The van der Waals surface area contributed by atoms with Crippen LogP contribution in [0.5, 0.6) is 11.5 Å². The number of fused-ring (bicyclic) bond motifs is 1. The molecule has 33 heavy (non-hydrogen) atoms. The number of carbonyl (C=O) groups excluding carboxylic acids is 1. The first-order valence-electron chi connectivity index (χ1n) is 11.7. The third kappa shape index (κ3) is 4.15. The van der Waals surface area contributed by atoms with Gasteiger partial charge in [-0.25, -0.2) is 9.59 Å². The van der Waals surface area contributed by atoms with Crippen LogP contribution < -0.4 is 14.4 Å². The molecule has 2 aromatic rings. The topological polar surface area (TPSA) is 89.0 Å². The molecule has 0 spiro atoms. The number of carbonyl (C=O) groups is 2. The van der Waals surface area contributed by atoms with Crippen LogP contribution in [0.2, 0.25) is 0 Å². The second kappa shape index (κ2) is 8.67. The fraction of sp³-hybridized carbons (Fsp3) is 0.480. The quantitative estimate of drug-likeness (QED) is 0.416. The van der Waals surface area contributed by atoms with E-state index in [2.05, 4.69) is 16.9 Å². The zero-order valence-corrected chi connectivity index (χ0v) is 18.9. The molecule has 3 heterocycles. The lowest BCUT2D eigenvalue weighted by Gasteiger charge is -2.49. The average Bonchev–Trinajstić information content (AvgIpc) is 3.68. The standard InChI is InChI=1S/C25H29N3O5/c1-28(24(29)17-2-3-17,19-8-13-27(14-9-19)18-6-11-26-12-7-18)22-10-15-32-23-5-4-20(16-21(22)23)33-25(30)31/h4-7,11-12,16-17,19,22H,2-3,8-10,13-15H2,1H3/p+1. The Hall–Kier alpha value is -3.13. The molecular weight excluding hydrogens is 422 g/mol. The number of hydrogen-bond acceptors (Lipinski definition) is 6. The molecule has 1 aromatic heterocycles. The van der Waals surface area contributed by atoms with Crippen LogP contribution in [0.4, 0.5) is 10.5 Å². The fourth-order valence-electron chi connectivity index (χ4n) is 5.60. The van der Waals surface area contributed by atoms with Crippen LogP contribution in [0, 0.1) is 5.92 Å². The molecule has 2 aliphatic heterocycles. The summed E-state index contributed by atoms with van der Waals surface area (Å²) in [6, 6.07) is 9.28. The molecular formula is C25H30N3O5+. The highest BCUT2D eigenvalue weighted by Gasteiger charge is 2.54. The SMILES string of the molecule is C[N+](C(=O)C1CC1)(C1CCN(c2ccncc2)CC1)C1CCOc2ccc(OC(=O)O)cc21. The minimum absolute atomic E-state index is 0.0864. The van der Waals surface area contributed by atoms with Crippen molar-refractivity contribution < 1.29 is 28.7 Å². The summed E-state index contributed by atoms with van der Waals surface area (Å²) in [5, 5.41) is 9.07. The number of rotatable bonds is 5. The van der Waals surface area contributed by atoms with Crippen LogP contribution in [0.3, 0.4) is 0 Å². The van der Waals surface area contributed by atoms with Crippen molar-refractivity contribution in [2.24, 2.45) is 5.92 Å². The van der Waals surface area contributed by atoms with Gasteiger partial charge in [0, 0.05) is 50.4 Å². The Labute approximate surface area is 193 Å². The normalized spacial score (nSPS) is 22.6. The molecule has 2 atom stereocenters. The summed E-state index contributed by atoms with van der Waals surface area (Å²) >= 11 is 0. The highest BCUT2D eigenvalue weighted by Crippen LogP contribution is 2.47. The Bertz CT molecular complexity index is 1030. The second-order valence-corrected chi connectivity index (χ2v) is 9.40. The van der Waals surface area contributed by atoms with Crippen molar-refractivity contribution in [3.05, 3.63) is 48.3 Å². The summed E-state index contributed by atoms with van der Waals surface area (Å²) in [6.45, 7) is 2.32. The van der Waals surface area contributed by atoms with E-state index in [-0.39, 0.29) is 23.8 Å². The van der Waals surface area contributed by atoms with E-state index in [1.807, 2.05) is 24.5 Å². The number of pyridine rings is 1. The second-order valence-electron chi connectivity index (χ2n) is 9.40. The third-order valence-electron chi connectivity index (χ3n) is 7.49. The van der Waals surface area contributed by atoms with Crippen LogP contribution >= 0.6 is 0 Å². The van der Waals surface area contributed by atoms with E-state index in [1.165, 1.54) is 0 Å². The predicted octanol–water partition coefficient (Wildman–Crippen LogP) is 4.01. The summed E-state index contributed by atoms with van der Waals surface area (Å²) in [7, 11) is 2.10. The summed E-state index contributed by atoms with van der Waals surface area (Å²) in [5.74, 6) is 1.40. The monoisotopic (exact) mass is 452 g/mol. The molecule has 2 fully saturated rings. The number of piperidine rings is 1. The van der Waals surface area contributed by atoms with Gasteiger partial charge in [0.2, 0.25) is 0 Å². The van der Waals surface area contributed by atoms with Crippen LogP contribution in [-0.4, -0.2) is 59.4 Å². The minimum Gasteiger partial charge on any atom is -0.493 e. The number of nitrogens with zero attached hydrogens (tertiary/aromatic N) is 3. The van der Waals surface area contributed by atoms with Crippen molar-refractivity contribution in [3.63, 3.8) is 0 Å². The zero-order chi connectivity index (χ0) is 23.0. The fourth-order valence-corrected chi connectivity index (χ4v) is 5.60. The number of ether oxygens (including phenoxy) is 2. The average molecular weight is 453 g/mol. The largest absolute Gasteiger partial charge is 0.511 e. The number of hydrogen-bond donors (Lipinski definition) is 1.